The molecule has 2 N–H and O–H groups in total. The van der Waals surface area contributed by atoms with E-state index in [-0.39, 0.29) is 30.3 Å². The summed E-state index contributed by atoms with van der Waals surface area (Å²) in [5.41, 5.74) is 0.877. The van der Waals surface area contributed by atoms with Crippen LogP contribution >= 0.6 is 0 Å². The summed E-state index contributed by atoms with van der Waals surface area (Å²) < 4.78 is 26.3. The summed E-state index contributed by atoms with van der Waals surface area (Å²) >= 11 is 0. The molecule has 2 aromatic rings. The van der Waals surface area contributed by atoms with E-state index in [2.05, 4.69) is 21.9 Å². The van der Waals surface area contributed by atoms with Gasteiger partial charge in [-0.3, -0.25) is 4.79 Å². The van der Waals surface area contributed by atoms with Crippen LogP contribution in [0.25, 0.3) is 0 Å². The lowest BCUT2D eigenvalue weighted by molar-refractivity contribution is -0.120. The molecule has 0 spiro atoms. The summed E-state index contributed by atoms with van der Waals surface area (Å²) in [7, 11) is -3.58. The van der Waals surface area contributed by atoms with E-state index >= 15 is 0 Å². The molecule has 0 aromatic heterocycles. The first-order valence-corrected chi connectivity index (χ1v) is 8.91. The van der Waals surface area contributed by atoms with E-state index in [9.17, 15) is 13.2 Å². The number of hydrogen-bond donors (Lipinski definition) is 2. The number of amides is 1. The zero-order valence-electron chi connectivity index (χ0n) is 13.0. The highest BCUT2D eigenvalue weighted by atomic mass is 32.2. The van der Waals surface area contributed by atoms with Crippen LogP contribution in [-0.4, -0.2) is 27.4 Å². The molecule has 1 amide bonds. The van der Waals surface area contributed by atoms with Gasteiger partial charge in [-0.05, 0) is 24.3 Å². The molecule has 0 saturated heterocycles. The van der Waals surface area contributed by atoms with E-state index in [4.69, 9.17) is 0 Å². The minimum Gasteiger partial charge on any atom is -0.345 e. The number of carbonyl (C=O) groups is 1. The second kappa shape index (κ2) is 8.87. The van der Waals surface area contributed by atoms with Crippen molar-refractivity contribution in [3.05, 3.63) is 66.2 Å². The van der Waals surface area contributed by atoms with E-state index < -0.39 is 10.0 Å². The number of carbonyl (C=O) groups excluding carboxylic acids is 1. The standard InChI is InChI=1S/C18H18N2O3S/c21-18(19-14-7-10-16-8-3-1-4-9-16)13-15-20-24(22,23)17-11-5-2-6-12-17/h1-6,8-9,11-12,20H,13-15H2,(H,19,21). The van der Waals surface area contributed by atoms with E-state index in [0.717, 1.165) is 5.56 Å². The zero-order valence-corrected chi connectivity index (χ0v) is 13.8. The molecule has 0 bridgehead atoms. The zero-order chi connectivity index (χ0) is 17.3. The SMILES string of the molecule is O=C(CCNS(=O)(=O)c1ccccc1)NCC#Cc1ccccc1. The fourth-order valence-electron chi connectivity index (χ4n) is 1.88. The van der Waals surface area contributed by atoms with Crippen LogP contribution < -0.4 is 10.0 Å². The van der Waals surface area contributed by atoms with Crippen molar-refractivity contribution in [2.45, 2.75) is 11.3 Å². The molecule has 0 radical (unpaired) electrons. The van der Waals surface area contributed by atoms with Crippen LogP contribution in [0.5, 0.6) is 0 Å². The van der Waals surface area contributed by atoms with Crippen molar-refractivity contribution in [1.29, 1.82) is 0 Å². The molecule has 0 heterocycles. The number of rotatable bonds is 6. The average Bonchev–Trinajstić information content (AvgIpc) is 2.60. The highest BCUT2D eigenvalue weighted by Gasteiger charge is 2.12. The monoisotopic (exact) mass is 342 g/mol. The van der Waals surface area contributed by atoms with Gasteiger partial charge in [0, 0.05) is 18.5 Å². The summed E-state index contributed by atoms with van der Waals surface area (Å²) in [6.07, 6.45) is 0.0546. The van der Waals surface area contributed by atoms with Gasteiger partial charge in [0.1, 0.15) is 0 Å². The molecule has 124 valence electrons. The van der Waals surface area contributed by atoms with Crippen LogP contribution in [0.3, 0.4) is 0 Å². The highest BCUT2D eigenvalue weighted by Crippen LogP contribution is 2.06. The maximum Gasteiger partial charge on any atom is 0.240 e. The molecule has 2 aromatic carbocycles. The maximum absolute atomic E-state index is 12.0. The number of nitrogens with one attached hydrogen (secondary N) is 2. The van der Waals surface area contributed by atoms with Crippen molar-refractivity contribution >= 4 is 15.9 Å². The highest BCUT2D eigenvalue weighted by molar-refractivity contribution is 7.89. The first-order chi connectivity index (χ1) is 11.6. The van der Waals surface area contributed by atoms with Crippen LogP contribution in [-0.2, 0) is 14.8 Å². The van der Waals surface area contributed by atoms with Crippen molar-refractivity contribution in [2.75, 3.05) is 13.1 Å². The summed E-state index contributed by atoms with van der Waals surface area (Å²) in [6.45, 7) is 0.258. The summed E-state index contributed by atoms with van der Waals surface area (Å²) in [4.78, 5) is 11.8. The van der Waals surface area contributed by atoms with Gasteiger partial charge in [-0.25, -0.2) is 13.1 Å². The van der Waals surface area contributed by atoms with Crippen LogP contribution in [0.1, 0.15) is 12.0 Å². The Kier molecular flexibility index (Phi) is 6.55. The van der Waals surface area contributed by atoms with Gasteiger partial charge in [-0.1, -0.05) is 48.2 Å². The number of sulfonamides is 1. The molecule has 5 nitrogen and oxygen atoms in total. The second-order valence-corrected chi connectivity index (χ2v) is 6.67. The summed E-state index contributed by atoms with van der Waals surface area (Å²) in [6, 6.07) is 17.5. The molecule has 0 aliphatic heterocycles. The quantitative estimate of drug-likeness (QED) is 0.782. The van der Waals surface area contributed by atoms with Crippen molar-refractivity contribution in [1.82, 2.24) is 10.0 Å². The van der Waals surface area contributed by atoms with Crippen molar-refractivity contribution < 1.29 is 13.2 Å². The van der Waals surface area contributed by atoms with Gasteiger partial charge < -0.3 is 5.32 Å². The molecule has 2 rings (SSSR count). The Labute approximate surface area is 142 Å². The van der Waals surface area contributed by atoms with E-state index in [1.165, 1.54) is 12.1 Å². The fourth-order valence-corrected chi connectivity index (χ4v) is 2.93. The van der Waals surface area contributed by atoms with Gasteiger partial charge in [0.2, 0.25) is 15.9 Å². The van der Waals surface area contributed by atoms with Crippen molar-refractivity contribution in [3.8, 4) is 11.8 Å². The van der Waals surface area contributed by atoms with E-state index in [1.807, 2.05) is 30.3 Å². The Bertz CT molecular complexity index is 823. The van der Waals surface area contributed by atoms with Crippen LogP contribution in [0.15, 0.2) is 65.6 Å². The molecule has 0 aliphatic carbocycles. The Morgan fingerprint density at radius 2 is 1.58 bits per heavy atom. The Balaban J connectivity index is 1.71. The summed E-state index contributed by atoms with van der Waals surface area (Å²) in [5, 5.41) is 2.63. The molecule has 24 heavy (non-hydrogen) atoms. The average molecular weight is 342 g/mol. The summed E-state index contributed by atoms with van der Waals surface area (Å²) in [5.74, 6) is 5.51. The molecular weight excluding hydrogens is 324 g/mol. The second-order valence-electron chi connectivity index (χ2n) is 4.91. The van der Waals surface area contributed by atoms with Crippen molar-refractivity contribution in [3.63, 3.8) is 0 Å². The lowest BCUT2D eigenvalue weighted by atomic mass is 10.2. The smallest absolute Gasteiger partial charge is 0.240 e. The van der Waals surface area contributed by atoms with Crippen LogP contribution in [0.4, 0.5) is 0 Å². The Morgan fingerprint density at radius 3 is 2.25 bits per heavy atom. The molecule has 0 saturated carbocycles. The minimum atomic E-state index is -3.58. The lowest BCUT2D eigenvalue weighted by Gasteiger charge is -2.06. The molecular formula is C18H18N2O3S. The van der Waals surface area contributed by atoms with Crippen LogP contribution in [0.2, 0.25) is 0 Å². The van der Waals surface area contributed by atoms with Gasteiger partial charge in [-0.2, -0.15) is 0 Å². The van der Waals surface area contributed by atoms with Gasteiger partial charge in [-0.15, -0.1) is 0 Å². The largest absolute Gasteiger partial charge is 0.345 e. The first kappa shape index (κ1) is 17.7. The predicted octanol–water partition coefficient (Wildman–Crippen LogP) is 1.52. The van der Waals surface area contributed by atoms with Gasteiger partial charge in [0.05, 0.1) is 11.4 Å². The van der Waals surface area contributed by atoms with E-state index in [1.54, 1.807) is 18.2 Å². The first-order valence-electron chi connectivity index (χ1n) is 7.43. The molecule has 0 atom stereocenters. The van der Waals surface area contributed by atoms with Crippen LogP contribution in [0, 0.1) is 11.8 Å². The third kappa shape index (κ3) is 5.88. The predicted molar refractivity (Wildman–Crippen MR) is 92.6 cm³/mol. The fraction of sp³-hybridized carbons (Fsp3) is 0.167. The van der Waals surface area contributed by atoms with Gasteiger partial charge in [0.15, 0.2) is 0 Å². The normalized spacial score (nSPS) is 10.5. The Morgan fingerprint density at radius 1 is 0.958 bits per heavy atom. The molecule has 0 aliphatic rings. The third-order valence-electron chi connectivity index (χ3n) is 3.08. The topological polar surface area (TPSA) is 75.3 Å². The van der Waals surface area contributed by atoms with Crippen molar-refractivity contribution in [2.24, 2.45) is 0 Å². The van der Waals surface area contributed by atoms with E-state index in [0.29, 0.717) is 0 Å². The minimum absolute atomic E-state index is 0.0369. The number of benzene rings is 2. The molecule has 6 heteroatoms. The van der Waals surface area contributed by atoms with Gasteiger partial charge >= 0.3 is 0 Å². The molecule has 0 unspecified atom stereocenters. The molecule has 0 fully saturated rings. The lowest BCUT2D eigenvalue weighted by Crippen LogP contribution is -2.30. The van der Waals surface area contributed by atoms with Gasteiger partial charge in [0.25, 0.3) is 0 Å². The third-order valence-corrected chi connectivity index (χ3v) is 4.56. The maximum atomic E-state index is 12.0. The Hall–Kier alpha value is -2.62. The number of hydrogen-bond acceptors (Lipinski definition) is 3.